The van der Waals surface area contributed by atoms with Crippen LogP contribution in [-0.4, -0.2) is 16.0 Å². The average Bonchev–Trinajstić information content (AvgIpc) is 3.05. The van der Waals surface area contributed by atoms with Crippen LogP contribution >= 0.6 is 11.6 Å². The monoisotopic (exact) mass is 341 g/mol. The molecule has 0 unspecified atom stereocenters. The second-order valence-corrected chi connectivity index (χ2v) is 6.03. The SMILES string of the molecule is CC(C)C(=O)Nc1cccc(-c2nc(-c3ccccc3Cl)no2)c1. The largest absolute Gasteiger partial charge is 0.334 e. The van der Waals surface area contributed by atoms with Gasteiger partial charge in [0.2, 0.25) is 11.7 Å². The summed E-state index contributed by atoms with van der Waals surface area (Å²) in [4.78, 5) is 16.2. The minimum atomic E-state index is -0.0936. The van der Waals surface area contributed by atoms with Gasteiger partial charge in [0.15, 0.2) is 0 Å². The molecule has 0 aliphatic carbocycles. The number of hydrogen-bond acceptors (Lipinski definition) is 4. The van der Waals surface area contributed by atoms with Gasteiger partial charge < -0.3 is 9.84 Å². The summed E-state index contributed by atoms with van der Waals surface area (Å²) in [6.07, 6.45) is 0. The predicted molar refractivity (Wildman–Crippen MR) is 93.6 cm³/mol. The molecule has 0 aliphatic rings. The fourth-order valence-corrected chi connectivity index (χ4v) is 2.33. The lowest BCUT2D eigenvalue weighted by Gasteiger charge is -2.07. The van der Waals surface area contributed by atoms with Crippen LogP contribution in [0.5, 0.6) is 0 Å². The molecule has 0 saturated carbocycles. The molecule has 0 radical (unpaired) electrons. The molecule has 122 valence electrons. The molecule has 1 amide bonds. The van der Waals surface area contributed by atoms with Crippen LogP contribution in [0.3, 0.4) is 0 Å². The maximum Gasteiger partial charge on any atom is 0.258 e. The number of rotatable bonds is 4. The van der Waals surface area contributed by atoms with E-state index >= 15 is 0 Å². The van der Waals surface area contributed by atoms with Crippen molar-refractivity contribution in [2.75, 3.05) is 5.32 Å². The van der Waals surface area contributed by atoms with E-state index in [2.05, 4.69) is 15.5 Å². The molecule has 0 aliphatic heterocycles. The van der Waals surface area contributed by atoms with Gasteiger partial charge in [-0.3, -0.25) is 4.79 Å². The van der Waals surface area contributed by atoms with Crippen LogP contribution < -0.4 is 5.32 Å². The minimum absolute atomic E-state index is 0.0468. The number of carbonyl (C=O) groups is 1. The Bertz CT molecular complexity index is 874. The Kier molecular flexibility index (Phi) is 4.62. The number of nitrogens with one attached hydrogen (secondary N) is 1. The smallest absolute Gasteiger partial charge is 0.258 e. The number of anilines is 1. The van der Waals surface area contributed by atoms with E-state index in [0.717, 1.165) is 5.56 Å². The first-order chi connectivity index (χ1) is 11.5. The van der Waals surface area contributed by atoms with Gasteiger partial charge in [-0.15, -0.1) is 0 Å². The van der Waals surface area contributed by atoms with Crippen LogP contribution in [0.15, 0.2) is 53.1 Å². The van der Waals surface area contributed by atoms with Gasteiger partial charge in [-0.25, -0.2) is 0 Å². The van der Waals surface area contributed by atoms with E-state index < -0.39 is 0 Å². The van der Waals surface area contributed by atoms with Gasteiger partial charge in [-0.05, 0) is 30.3 Å². The van der Waals surface area contributed by atoms with Crippen molar-refractivity contribution >= 4 is 23.2 Å². The molecule has 0 fully saturated rings. The molecule has 1 N–H and O–H groups in total. The van der Waals surface area contributed by atoms with Gasteiger partial charge in [0.1, 0.15) is 0 Å². The maximum absolute atomic E-state index is 11.8. The lowest BCUT2D eigenvalue weighted by molar-refractivity contribution is -0.118. The zero-order valence-corrected chi connectivity index (χ0v) is 14.0. The first-order valence-corrected chi connectivity index (χ1v) is 7.92. The third-order valence-electron chi connectivity index (χ3n) is 3.44. The lowest BCUT2D eigenvalue weighted by Crippen LogP contribution is -2.17. The molecule has 5 nitrogen and oxygen atoms in total. The molecule has 1 heterocycles. The fourth-order valence-electron chi connectivity index (χ4n) is 2.11. The van der Waals surface area contributed by atoms with Gasteiger partial charge in [-0.2, -0.15) is 4.98 Å². The first-order valence-electron chi connectivity index (χ1n) is 7.54. The van der Waals surface area contributed by atoms with Crippen LogP contribution in [0, 0.1) is 5.92 Å². The van der Waals surface area contributed by atoms with E-state index in [1.807, 2.05) is 50.2 Å². The van der Waals surface area contributed by atoms with Crippen molar-refractivity contribution in [3.05, 3.63) is 53.6 Å². The number of aromatic nitrogens is 2. The number of benzene rings is 2. The highest BCUT2D eigenvalue weighted by atomic mass is 35.5. The molecular formula is C18H16ClN3O2. The van der Waals surface area contributed by atoms with E-state index in [-0.39, 0.29) is 11.8 Å². The number of nitrogens with zero attached hydrogens (tertiary/aromatic N) is 2. The van der Waals surface area contributed by atoms with Crippen molar-refractivity contribution in [2.24, 2.45) is 5.92 Å². The number of amides is 1. The molecule has 0 atom stereocenters. The molecule has 0 saturated heterocycles. The lowest BCUT2D eigenvalue weighted by atomic mass is 10.1. The van der Waals surface area contributed by atoms with E-state index in [1.165, 1.54) is 0 Å². The first kappa shape index (κ1) is 16.2. The molecule has 3 aromatic rings. The Balaban J connectivity index is 1.88. The molecule has 0 bridgehead atoms. The van der Waals surface area contributed by atoms with Gasteiger partial charge >= 0.3 is 0 Å². The van der Waals surface area contributed by atoms with Crippen molar-refractivity contribution in [3.8, 4) is 22.8 Å². The fraction of sp³-hybridized carbons (Fsp3) is 0.167. The van der Waals surface area contributed by atoms with Crippen molar-refractivity contribution in [1.29, 1.82) is 0 Å². The summed E-state index contributed by atoms with van der Waals surface area (Å²) in [6, 6.07) is 14.6. The number of halogens is 1. The number of carbonyl (C=O) groups excluding carboxylic acids is 1. The van der Waals surface area contributed by atoms with Crippen LogP contribution in [0.1, 0.15) is 13.8 Å². The molecule has 24 heavy (non-hydrogen) atoms. The van der Waals surface area contributed by atoms with Crippen LogP contribution in [0.2, 0.25) is 5.02 Å². The summed E-state index contributed by atoms with van der Waals surface area (Å²) in [5.74, 6) is 0.649. The van der Waals surface area contributed by atoms with Crippen molar-refractivity contribution in [3.63, 3.8) is 0 Å². The van der Waals surface area contributed by atoms with Gasteiger partial charge in [0.05, 0.1) is 5.02 Å². The zero-order valence-electron chi connectivity index (χ0n) is 13.3. The predicted octanol–water partition coefficient (Wildman–Crippen LogP) is 4.65. The second kappa shape index (κ2) is 6.84. The maximum atomic E-state index is 11.8. The van der Waals surface area contributed by atoms with E-state index in [1.54, 1.807) is 12.1 Å². The molecular weight excluding hydrogens is 326 g/mol. The standard InChI is InChI=1S/C18H16ClN3O2/c1-11(2)17(23)20-13-7-5-6-12(10-13)18-21-16(22-24-18)14-8-3-4-9-15(14)19/h3-11H,1-2H3,(H,20,23). The van der Waals surface area contributed by atoms with Crippen molar-refractivity contribution < 1.29 is 9.32 Å². The third-order valence-corrected chi connectivity index (χ3v) is 3.77. The molecule has 6 heteroatoms. The summed E-state index contributed by atoms with van der Waals surface area (Å²) in [5, 5.41) is 7.39. The van der Waals surface area contributed by atoms with Crippen LogP contribution in [0.4, 0.5) is 5.69 Å². The summed E-state index contributed by atoms with van der Waals surface area (Å²) >= 11 is 6.16. The molecule has 0 spiro atoms. The average molecular weight is 342 g/mol. The Morgan fingerprint density at radius 2 is 1.96 bits per heavy atom. The van der Waals surface area contributed by atoms with E-state index in [4.69, 9.17) is 16.1 Å². The highest BCUT2D eigenvalue weighted by Gasteiger charge is 2.14. The Morgan fingerprint density at radius 3 is 2.71 bits per heavy atom. The molecule has 3 rings (SSSR count). The zero-order chi connectivity index (χ0) is 17.1. The Morgan fingerprint density at radius 1 is 1.17 bits per heavy atom. The minimum Gasteiger partial charge on any atom is -0.334 e. The third kappa shape index (κ3) is 3.46. The van der Waals surface area contributed by atoms with Crippen LogP contribution in [0.25, 0.3) is 22.8 Å². The van der Waals surface area contributed by atoms with Crippen molar-refractivity contribution in [2.45, 2.75) is 13.8 Å². The highest BCUT2D eigenvalue weighted by molar-refractivity contribution is 6.33. The van der Waals surface area contributed by atoms with E-state index in [9.17, 15) is 4.79 Å². The van der Waals surface area contributed by atoms with Crippen LogP contribution in [-0.2, 0) is 4.79 Å². The summed E-state index contributed by atoms with van der Waals surface area (Å²) < 4.78 is 5.34. The van der Waals surface area contributed by atoms with Gasteiger partial charge in [0.25, 0.3) is 5.89 Å². The second-order valence-electron chi connectivity index (χ2n) is 5.63. The molecule has 1 aromatic heterocycles. The van der Waals surface area contributed by atoms with Crippen molar-refractivity contribution in [1.82, 2.24) is 10.1 Å². The number of hydrogen-bond donors (Lipinski definition) is 1. The van der Waals surface area contributed by atoms with E-state index in [0.29, 0.717) is 28.0 Å². The Labute approximate surface area is 144 Å². The topological polar surface area (TPSA) is 68.0 Å². The quantitative estimate of drug-likeness (QED) is 0.749. The highest BCUT2D eigenvalue weighted by Crippen LogP contribution is 2.28. The van der Waals surface area contributed by atoms with Gasteiger partial charge in [-0.1, -0.05) is 48.8 Å². The summed E-state index contributed by atoms with van der Waals surface area (Å²) in [5.41, 5.74) is 2.12. The Hall–Kier alpha value is -2.66. The normalized spacial score (nSPS) is 10.8. The molecule has 2 aromatic carbocycles. The summed E-state index contributed by atoms with van der Waals surface area (Å²) in [7, 11) is 0. The van der Waals surface area contributed by atoms with Gasteiger partial charge in [0, 0.05) is 22.7 Å². The summed E-state index contributed by atoms with van der Waals surface area (Å²) in [6.45, 7) is 3.68.